The molecule has 0 amide bonds. The van der Waals surface area contributed by atoms with E-state index in [1.165, 1.54) is 12.8 Å². The van der Waals surface area contributed by atoms with Gasteiger partial charge in [-0.2, -0.15) is 0 Å². The fourth-order valence-corrected chi connectivity index (χ4v) is 3.14. The van der Waals surface area contributed by atoms with E-state index in [0.29, 0.717) is 28.5 Å². The number of hydrogen-bond donors (Lipinski definition) is 1. The Hall–Kier alpha value is -1.84. The summed E-state index contributed by atoms with van der Waals surface area (Å²) in [6.45, 7) is 4.53. The maximum absolute atomic E-state index is 11.4. The molecule has 2 aromatic rings. The number of hydrogen-bond acceptors (Lipinski definition) is 2. The monoisotopic (exact) mass is 270 g/mol. The quantitative estimate of drug-likeness (QED) is 0.927. The Morgan fingerprint density at radius 3 is 2.65 bits per heavy atom. The van der Waals surface area contributed by atoms with Crippen molar-refractivity contribution >= 4 is 17.0 Å². The highest BCUT2D eigenvalue weighted by molar-refractivity contribution is 6.01. The number of aromatic carboxylic acids is 1. The first-order valence-electron chi connectivity index (χ1n) is 7.23. The van der Waals surface area contributed by atoms with E-state index in [9.17, 15) is 9.90 Å². The van der Waals surface area contributed by atoms with Crippen molar-refractivity contribution in [3.63, 3.8) is 0 Å². The van der Waals surface area contributed by atoms with Crippen LogP contribution in [0.5, 0.6) is 0 Å². The predicted octanol–water partition coefficient (Wildman–Crippen LogP) is 3.58. The highest BCUT2D eigenvalue weighted by Crippen LogP contribution is 2.58. The van der Waals surface area contributed by atoms with Gasteiger partial charge in [0.15, 0.2) is 0 Å². The maximum Gasteiger partial charge on any atom is 0.337 e. The zero-order valence-corrected chi connectivity index (χ0v) is 11.8. The van der Waals surface area contributed by atoms with E-state index in [0.717, 1.165) is 17.8 Å². The molecule has 0 aliphatic heterocycles. The van der Waals surface area contributed by atoms with Gasteiger partial charge in [-0.3, -0.25) is 0 Å². The summed E-state index contributed by atoms with van der Waals surface area (Å²) in [6.07, 6.45) is 3.51. The molecule has 104 valence electrons. The number of carboxylic acid groups (broad SMARTS) is 1. The lowest BCUT2D eigenvalue weighted by Crippen LogP contribution is -2.04. The highest BCUT2D eigenvalue weighted by Gasteiger charge is 2.49. The van der Waals surface area contributed by atoms with Crippen LogP contribution in [0, 0.1) is 5.41 Å². The molecule has 2 fully saturated rings. The molecule has 1 aromatic carbocycles. The first-order valence-corrected chi connectivity index (χ1v) is 7.23. The lowest BCUT2D eigenvalue weighted by Gasteiger charge is -2.10. The van der Waals surface area contributed by atoms with Crippen LogP contribution in [0.15, 0.2) is 18.2 Å². The van der Waals surface area contributed by atoms with Gasteiger partial charge in [-0.15, -0.1) is 0 Å². The molecule has 0 spiro atoms. The molecule has 1 N–H and O–H groups in total. The maximum atomic E-state index is 11.4. The summed E-state index contributed by atoms with van der Waals surface area (Å²) in [5.41, 5.74) is 2.27. The summed E-state index contributed by atoms with van der Waals surface area (Å²) in [7, 11) is 0. The van der Waals surface area contributed by atoms with Crippen molar-refractivity contribution in [1.82, 2.24) is 9.55 Å². The summed E-state index contributed by atoms with van der Waals surface area (Å²) in [5, 5.41) is 9.34. The molecule has 2 aliphatic carbocycles. The van der Waals surface area contributed by atoms with Crippen molar-refractivity contribution in [3.8, 4) is 0 Å². The van der Waals surface area contributed by atoms with Crippen LogP contribution >= 0.6 is 0 Å². The average Bonchev–Trinajstić information content (AvgIpc) is 3.28. The van der Waals surface area contributed by atoms with Gasteiger partial charge in [-0.25, -0.2) is 9.78 Å². The SMILES string of the molecule is CC1(C)CC1n1c(C2CC2)nc2c(C(=O)O)cccc21. The smallest absolute Gasteiger partial charge is 0.337 e. The van der Waals surface area contributed by atoms with E-state index < -0.39 is 5.97 Å². The van der Waals surface area contributed by atoms with Gasteiger partial charge >= 0.3 is 5.97 Å². The Bertz CT molecular complexity index is 725. The molecule has 4 nitrogen and oxygen atoms in total. The summed E-state index contributed by atoms with van der Waals surface area (Å²) in [6, 6.07) is 5.95. The van der Waals surface area contributed by atoms with Crippen LogP contribution in [0.25, 0.3) is 11.0 Å². The molecular formula is C16H18N2O2. The van der Waals surface area contributed by atoms with Gasteiger partial charge in [0.1, 0.15) is 11.3 Å². The number of para-hydroxylation sites is 1. The number of carbonyl (C=O) groups is 1. The number of imidazole rings is 1. The fraction of sp³-hybridized carbons (Fsp3) is 0.500. The van der Waals surface area contributed by atoms with Crippen LogP contribution in [-0.2, 0) is 0 Å². The predicted molar refractivity (Wildman–Crippen MR) is 76.1 cm³/mol. The van der Waals surface area contributed by atoms with Crippen molar-refractivity contribution in [2.24, 2.45) is 5.41 Å². The van der Waals surface area contributed by atoms with Crippen LogP contribution in [0.4, 0.5) is 0 Å². The number of fused-ring (bicyclic) bond motifs is 1. The fourth-order valence-electron chi connectivity index (χ4n) is 3.14. The molecule has 1 atom stereocenters. The Morgan fingerprint density at radius 1 is 1.40 bits per heavy atom. The number of rotatable bonds is 3. The molecule has 1 heterocycles. The molecular weight excluding hydrogens is 252 g/mol. The summed E-state index contributed by atoms with van der Waals surface area (Å²) >= 11 is 0. The van der Waals surface area contributed by atoms with Crippen LogP contribution in [-0.4, -0.2) is 20.6 Å². The lowest BCUT2D eigenvalue weighted by molar-refractivity contribution is 0.0699. The molecule has 0 saturated heterocycles. The van der Waals surface area contributed by atoms with Crippen LogP contribution < -0.4 is 0 Å². The molecule has 0 bridgehead atoms. The zero-order valence-electron chi connectivity index (χ0n) is 11.8. The molecule has 4 rings (SSSR count). The van der Waals surface area contributed by atoms with Crippen LogP contribution in [0.2, 0.25) is 0 Å². The standard InChI is InChI=1S/C16H18N2O2/c1-16(2)8-12(16)18-11-5-3-4-10(15(19)20)13(11)17-14(18)9-6-7-9/h3-5,9,12H,6-8H2,1-2H3,(H,19,20). The van der Waals surface area contributed by atoms with Crippen molar-refractivity contribution in [2.45, 2.75) is 45.1 Å². The minimum absolute atomic E-state index is 0.302. The van der Waals surface area contributed by atoms with Crippen LogP contribution in [0.3, 0.4) is 0 Å². The molecule has 2 aliphatic rings. The first kappa shape index (κ1) is 11.9. The Kier molecular flexibility index (Phi) is 2.16. The van der Waals surface area contributed by atoms with E-state index in [1.807, 2.05) is 12.1 Å². The zero-order chi connectivity index (χ0) is 14.1. The lowest BCUT2D eigenvalue weighted by atomic mass is 10.1. The molecule has 20 heavy (non-hydrogen) atoms. The van der Waals surface area contributed by atoms with Gasteiger partial charge in [0, 0.05) is 12.0 Å². The second-order valence-corrected chi connectivity index (χ2v) is 6.80. The topological polar surface area (TPSA) is 55.1 Å². The third-order valence-corrected chi connectivity index (χ3v) is 4.69. The van der Waals surface area contributed by atoms with Gasteiger partial charge < -0.3 is 9.67 Å². The van der Waals surface area contributed by atoms with E-state index >= 15 is 0 Å². The van der Waals surface area contributed by atoms with E-state index in [4.69, 9.17) is 4.98 Å². The highest BCUT2D eigenvalue weighted by atomic mass is 16.4. The number of benzene rings is 1. The summed E-state index contributed by atoms with van der Waals surface area (Å²) in [5.74, 6) is 0.738. The van der Waals surface area contributed by atoms with Crippen molar-refractivity contribution < 1.29 is 9.90 Å². The van der Waals surface area contributed by atoms with E-state index in [-0.39, 0.29) is 0 Å². The third-order valence-electron chi connectivity index (χ3n) is 4.69. The third kappa shape index (κ3) is 1.60. The summed E-state index contributed by atoms with van der Waals surface area (Å²) in [4.78, 5) is 16.1. The number of carboxylic acids is 1. The van der Waals surface area contributed by atoms with Gasteiger partial charge in [0.25, 0.3) is 0 Å². The van der Waals surface area contributed by atoms with Crippen molar-refractivity contribution in [3.05, 3.63) is 29.6 Å². The van der Waals surface area contributed by atoms with Gasteiger partial charge in [-0.05, 0) is 36.8 Å². The summed E-state index contributed by atoms with van der Waals surface area (Å²) < 4.78 is 2.32. The van der Waals surface area contributed by atoms with Gasteiger partial charge in [-0.1, -0.05) is 19.9 Å². The van der Waals surface area contributed by atoms with Gasteiger partial charge in [0.2, 0.25) is 0 Å². The average molecular weight is 270 g/mol. The Balaban J connectivity index is 1.98. The minimum Gasteiger partial charge on any atom is -0.478 e. The largest absolute Gasteiger partial charge is 0.478 e. The number of aromatic nitrogens is 2. The molecule has 1 unspecified atom stereocenters. The normalized spacial score (nSPS) is 24.0. The van der Waals surface area contributed by atoms with E-state index in [1.54, 1.807) is 6.07 Å². The first-order chi connectivity index (χ1) is 9.49. The minimum atomic E-state index is -0.891. The van der Waals surface area contributed by atoms with Crippen molar-refractivity contribution in [1.29, 1.82) is 0 Å². The second-order valence-electron chi connectivity index (χ2n) is 6.80. The van der Waals surface area contributed by atoms with Crippen LogP contribution in [0.1, 0.15) is 61.3 Å². The second kappa shape index (κ2) is 3.62. The van der Waals surface area contributed by atoms with Crippen molar-refractivity contribution in [2.75, 3.05) is 0 Å². The molecule has 1 aromatic heterocycles. The Labute approximate surface area is 117 Å². The Morgan fingerprint density at radius 2 is 2.10 bits per heavy atom. The number of nitrogens with zero attached hydrogens (tertiary/aromatic N) is 2. The van der Waals surface area contributed by atoms with E-state index in [2.05, 4.69) is 18.4 Å². The molecule has 2 saturated carbocycles. The molecule has 0 radical (unpaired) electrons. The van der Waals surface area contributed by atoms with Gasteiger partial charge in [0.05, 0.1) is 11.1 Å². The molecule has 4 heteroatoms.